The van der Waals surface area contributed by atoms with E-state index in [9.17, 15) is 4.79 Å². The second kappa shape index (κ2) is 9.07. The lowest BCUT2D eigenvalue weighted by Crippen LogP contribution is -2.20. The number of nitrogens with one attached hydrogen (secondary N) is 1. The average Bonchev–Trinajstić information content (AvgIpc) is 3.34. The summed E-state index contributed by atoms with van der Waals surface area (Å²) in [5.41, 5.74) is 3.32. The Morgan fingerprint density at radius 1 is 1.13 bits per heavy atom. The molecule has 0 amide bonds. The first-order chi connectivity index (χ1) is 14.5. The second-order valence-corrected chi connectivity index (χ2v) is 9.15. The number of benzene rings is 2. The van der Waals surface area contributed by atoms with Gasteiger partial charge in [-0.05, 0) is 57.8 Å². The molecule has 30 heavy (non-hydrogen) atoms. The molecule has 2 aromatic carbocycles. The van der Waals surface area contributed by atoms with Crippen LogP contribution in [0.15, 0.2) is 66.2 Å². The lowest BCUT2D eigenvalue weighted by Gasteiger charge is -2.19. The molecule has 0 aliphatic rings. The number of carbonyl (C=O) groups excluding carboxylic acids is 1. The van der Waals surface area contributed by atoms with E-state index in [4.69, 9.17) is 16.3 Å². The predicted octanol–water partition coefficient (Wildman–Crippen LogP) is 6.96. The molecule has 3 nitrogen and oxygen atoms in total. The number of aromatic nitrogens is 1. The van der Waals surface area contributed by atoms with Crippen LogP contribution >= 0.6 is 22.9 Å². The van der Waals surface area contributed by atoms with Crippen molar-refractivity contribution in [3.8, 4) is 0 Å². The average molecular weight is 438 g/mol. The van der Waals surface area contributed by atoms with E-state index >= 15 is 0 Å². The molecule has 0 aliphatic carbocycles. The number of esters is 1. The fraction of sp³-hybridized carbons (Fsp3) is 0.240. The third kappa shape index (κ3) is 4.45. The number of H-pyrrole nitrogens is 1. The Labute approximate surface area is 185 Å². The molecule has 2 aromatic heterocycles. The van der Waals surface area contributed by atoms with Gasteiger partial charge in [0.1, 0.15) is 6.61 Å². The molecule has 0 bridgehead atoms. The summed E-state index contributed by atoms with van der Waals surface area (Å²) in [5.74, 6) is -0.368. The highest BCUT2D eigenvalue weighted by atomic mass is 35.5. The van der Waals surface area contributed by atoms with Crippen LogP contribution in [-0.2, 0) is 22.6 Å². The van der Waals surface area contributed by atoms with Gasteiger partial charge in [-0.1, -0.05) is 61.8 Å². The third-order valence-electron chi connectivity index (χ3n) is 5.32. The first-order valence-electron chi connectivity index (χ1n) is 10.0. The van der Waals surface area contributed by atoms with Crippen molar-refractivity contribution >= 4 is 39.7 Å². The minimum atomic E-state index is -0.304. The summed E-state index contributed by atoms with van der Waals surface area (Å²) < 4.78 is 5.80. The van der Waals surface area contributed by atoms with E-state index in [2.05, 4.69) is 36.3 Å². The fourth-order valence-electron chi connectivity index (χ4n) is 3.75. The van der Waals surface area contributed by atoms with Crippen molar-refractivity contribution in [1.82, 2.24) is 4.98 Å². The number of halogens is 1. The van der Waals surface area contributed by atoms with E-state index in [1.807, 2.05) is 48.7 Å². The number of rotatable bonds is 7. The molecule has 1 N–H and O–H groups in total. The summed E-state index contributed by atoms with van der Waals surface area (Å²) in [6, 6.07) is 18.1. The summed E-state index contributed by atoms with van der Waals surface area (Å²) in [6.07, 6.45) is 2.71. The zero-order chi connectivity index (χ0) is 21.1. The maximum Gasteiger partial charge on any atom is 0.314 e. The van der Waals surface area contributed by atoms with Gasteiger partial charge in [0.05, 0.1) is 11.6 Å². The number of hydrogen-bond acceptors (Lipinski definition) is 3. The number of aromatic amines is 1. The van der Waals surface area contributed by atoms with Crippen LogP contribution in [0.4, 0.5) is 0 Å². The van der Waals surface area contributed by atoms with Gasteiger partial charge in [-0.2, -0.15) is 0 Å². The van der Waals surface area contributed by atoms with E-state index in [0.717, 1.165) is 33.3 Å². The van der Waals surface area contributed by atoms with Crippen LogP contribution < -0.4 is 0 Å². The predicted molar refractivity (Wildman–Crippen MR) is 124 cm³/mol. The van der Waals surface area contributed by atoms with Crippen LogP contribution in [0.3, 0.4) is 0 Å². The van der Waals surface area contributed by atoms with E-state index in [0.29, 0.717) is 5.02 Å². The van der Waals surface area contributed by atoms with Gasteiger partial charge in [-0.3, -0.25) is 4.79 Å². The summed E-state index contributed by atoms with van der Waals surface area (Å²) >= 11 is 7.72. The Hall–Kier alpha value is -2.56. The number of thiophene rings is 1. The minimum Gasteiger partial charge on any atom is -0.459 e. The SMILES string of the molecule is CC(C)C(C(=O)OCc1[nH]ccc1Cc1ccccc1)c1scc2cc(Cl)ccc12. The topological polar surface area (TPSA) is 42.1 Å². The molecule has 5 heteroatoms. The van der Waals surface area contributed by atoms with Crippen molar-refractivity contribution in [2.24, 2.45) is 5.92 Å². The lowest BCUT2D eigenvalue weighted by molar-refractivity contribution is -0.148. The lowest BCUT2D eigenvalue weighted by atomic mass is 9.92. The molecular formula is C25H24ClNO2S. The van der Waals surface area contributed by atoms with Gasteiger partial charge < -0.3 is 9.72 Å². The standard InChI is InChI=1S/C25H24ClNO2S/c1-16(2)23(24-21-9-8-20(26)13-19(21)15-30-24)25(28)29-14-22-18(10-11-27-22)12-17-6-4-3-5-7-17/h3-11,13,15-16,23,27H,12,14H2,1-2H3. The molecule has 0 fully saturated rings. The number of hydrogen-bond donors (Lipinski definition) is 1. The monoisotopic (exact) mass is 437 g/mol. The number of carbonyl (C=O) groups is 1. The molecule has 0 saturated heterocycles. The van der Waals surface area contributed by atoms with Crippen molar-refractivity contribution in [3.05, 3.63) is 92.9 Å². The van der Waals surface area contributed by atoms with Crippen molar-refractivity contribution in [1.29, 1.82) is 0 Å². The smallest absolute Gasteiger partial charge is 0.314 e. The molecule has 1 atom stereocenters. The first kappa shape index (κ1) is 20.7. The van der Waals surface area contributed by atoms with Crippen LogP contribution in [0.25, 0.3) is 10.8 Å². The summed E-state index contributed by atoms with van der Waals surface area (Å²) in [4.78, 5) is 17.4. The van der Waals surface area contributed by atoms with Gasteiger partial charge in [-0.25, -0.2) is 0 Å². The van der Waals surface area contributed by atoms with Gasteiger partial charge in [0, 0.05) is 16.1 Å². The normalized spacial score (nSPS) is 12.4. The first-order valence-corrected chi connectivity index (χ1v) is 11.3. The maximum absolute atomic E-state index is 13.1. The fourth-order valence-corrected chi connectivity index (χ4v) is 5.21. The van der Waals surface area contributed by atoms with Gasteiger partial charge in [0.15, 0.2) is 0 Å². The van der Waals surface area contributed by atoms with Gasteiger partial charge >= 0.3 is 5.97 Å². The molecule has 0 spiro atoms. The van der Waals surface area contributed by atoms with Crippen LogP contribution in [-0.4, -0.2) is 11.0 Å². The van der Waals surface area contributed by atoms with Crippen LogP contribution in [0.1, 0.15) is 41.5 Å². The quantitative estimate of drug-likeness (QED) is 0.317. The molecule has 0 radical (unpaired) electrons. The maximum atomic E-state index is 13.1. The highest BCUT2D eigenvalue weighted by Gasteiger charge is 2.29. The third-order valence-corrected chi connectivity index (χ3v) is 6.66. The zero-order valence-electron chi connectivity index (χ0n) is 17.0. The van der Waals surface area contributed by atoms with Crippen LogP contribution in [0, 0.1) is 5.92 Å². The minimum absolute atomic E-state index is 0.127. The largest absolute Gasteiger partial charge is 0.459 e. The Kier molecular flexibility index (Phi) is 6.26. The Balaban J connectivity index is 1.50. The Morgan fingerprint density at radius 3 is 2.70 bits per heavy atom. The second-order valence-electron chi connectivity index (χ2n) is 7.80. The molecule has 1 unspecified atom stereocenters. The summed E-state index contributed by atoms with van der Waals surface area (Å²) in [7, 11) is 0. The Bertz CT molecular complexity index is 1150. The van der Waals surface area contributed by atoms with Gasteiger partial charge in [0.2, 0.25) is 0 Å². The van der Waals surface area contributed by atoms with E-state index < -0.39 is 0 Å². The Morgan fingerprint density at radius 2 is 1.93 bits per heavy atom. The summed E-state index contributed by atoms with van der Waals surface area (Å²) in [6.45, 7) is 4.36. The highest BCUT2D eigenvalue weighted by molar-refractivity contribution is 7.11. The number of fused-ring (bicyclic) bond motifs is 1. The zero-order valence-corrected chi connectivity index (χ0v) is 18.6. The van der Waals surface area contributed by atoms with Gasteiger partial charge in [0.25, 0.3) is 0 Å². The van der Waals surface area contributed by atoms with E-state index in [-0.39, 0.29) is 24.4 Å². The number of ether oxygens (including phenoxy) is 1. The van der Waals surface area contributed by atoms with Crippen LogP contribution in [0.5, 0.6) is 0 Å². The molecular weight excluding hydrogens is 414 g/mol. The molecule has 0 saturated carbocycles. The molecule has 4 aromatic rings. The van der Waals surface area contributed by atoms with Crippen LogP contribution in [0.2, 0.25) is 5.02 Å². The summed E-state index contributed by atoms with van der Waals surface area (Å²) in [5, 5.41) is 4.90. The van der Waals surface area contributed by atoms with Crippen molar-refractivity contribution in [2.75, 3.05) is 0 Å². The van der Waals surface area contributed by atoms with Crippen molar-refractivity contribution in [2.45, 2.75) is 32.8 Å². The molecule has 2 heterocycles. The highest BCUT2D eigenvalue weighted by Crippen LogP contribution is 2.38. The molecule has 154 valence electrons. The van der Waals surface area contributed by atoms with Gasteiger partial charge in [-0.15, -0.1) is 11.3 Å². The van der Waals surface area contributed by atoms with E-state index in [1.54, 1.807) is 11.3 Å². The van der Waals surface area contributed by atoms with Crippen molar-refractivity contribution < 1.29 is 9.53 Å². The van der Waals surface area contributed by atoms with Crippen molar-refractivity contribution in [3.63, 3.8) is 0 Å². The molecule has 0 aliphatic heterocycles. The molecule has 4 rings (SSSR count). The van der Waals surface area contributed by atoms with E-state index in [1.165, 1.54) is 5.56 Å².